The van der Waals surface area contributed by atoms with E-state index in [1.807, 2.05) is 25.1 Å². The molecule has 2 heterocycles. The van der Waals surface area contributed by atoms with Gasteiger partial charge in [0.05, 0.1) is 12.3 Å². The fraction of sp³-hybridized carbons (Fsp3) is 0.188. The first kappa shape index (κ1) is 15.3. The molecule has 0 saturated heterocycles. The molecule has 3 rings (SSSR count). The molecule has 2 N–H and O–H groups in total. The summed E-state index contributed by atoms with van der Waals surface area (Å²) in [5, 5.41) is 5.02. The smallest absolute Gasteiger partial charge is 0.343 e. The second kappa shape index (κ2) is 5.89. The molecule has 0 amide bonds. The van der Waals surface area contributed by atoms with Crippen molar-refractivity contribution in [3.05, 3.63) is 46.7 Å². The van der Waals surface area contributed by atoms with Gasteiger partial charge in [-0.25, -0.2) is 9.78 Å². The highest BCUT2D eigenvalue weighted by molar-refractivity contribution is 6.30. The Hall–Kier alpha value is -2.60. The zero-order chi connectivity index (χ0) is 16.6. The molecule has 2 aromatic heterocycles. The fourth-order valence-electron chi connectivity index (χ4n) is 2.46. The maximum absolute atomic E-state index is 11.9. The Bertz CT molecular complexity index is 904. The number of aryl methyl sites for hydroxylation is 1. The number of halogens is 1. The largest absolute Gasteiger partial charge is 0.462 e. The summed E-state index contributed by atoms with van der Waals surface area (Å²) >= 11 is 6.06. The molecule has 0 unspecified atom stereocenters. The summed E-state index contributed by atoms with van der Waals surface area (Å²) in [7, 11) is 0. The van der Waals surface area contributed by atoms with E-state index in [0.717, 1.165) is 16.8 Å². The normalized spacial score (nSPS) is 10.9. The van der Waals surface area contributed by atoms with Gasteiger partial charge >= 0.3 is 5.97 Å². The minimum atomic E-state index is -0.517. The van der Waals surface area contributed by atoms with Crippen LogP contribution < -0.4 is 5.73 Å². The van der Waals surface area contributed by atoms with Crippen molar-refractivity contribution in [2.24, 2.45) is 0 Å². The van der Waals surface area contributed by atoms with Crippen LogP contribution in [0.1, 0.15) is 23.0 Å². The highest BCUT2D eigenvalue weighted by Crippen LogP contribution is 2.30. The molecule has 0 bridgehead atoms. The highest BCUT2D eigenvalue weighted by Gasteiger charge is 2.20. The standard InChI is InChI=1S/C16H15ClN4O2/c1-3-23-16(22)12-8-19-15-13(9(2)20-21(15)14(12)18)10-5-4-6-11(17)7-10/h4-8H,3,18H2,1-2H3. The van der Waals surface area contributed by atoms with Crippen molar-refractivity contribution < 1.29 is 9.53 Å². The molecule has 0 aliphatic carbocycles. The quantitative estimate of drug-likeness (QED) is 0.746. The summed E-state index contributed by atoms with van der Waals surface area (Å²) in [6.45, 7) is 3.85. The summed E-state index contributed by atoms with van der Waals surface area (Å²) in [6.07, 6.45) is 1.41. The van der Waals surface area contributed by atoms with E-state index in [4.69, 9.17) is 22.1 Å². The lowest BCUT2D eigenvalue weighted by Gasteiger charge is -2.07. The van der Waals surface area contributed by atoms with Crippen LogP contribution >= 0.6 is 11.6 Å². The second-order valence-corrected chi connectivity index (χ2v) is 5.42. The van der Waals surface area contributed by atoms with Gasteiger partial charge < -0.3 is 10.5 Å². The molecule has 0 aliphatic heterocycles. The predicted molar refractivity (Wildman–Crippen MR) is 88.5 cm³/mol. The van der Waals surface area contributed by atoms with Gasteiger partial charge in [0.1, 0.15) is 11.4 Å². The number of hydrogen-bond acceptors (Lipinski definition) is 5. The third-order valence-electron chi connectivity index (χ3n) is 3.46. The number of anilines is 1. The van der Waals surface area contributed by atoms with E-state index in [0.29, 0.717) is 10.7 Å². The number of carbonyl (C=O) groups is 1. The van der Waals surface area contributed by atoms with E-state index in [1.165, 1.54) is 10.7 Å². The highest BCUT2D eigenvalue weighted by atomic mass is 35.5. The lowest BCUT2D eigenvalue weighted by atomic mass is 10.1. The van der Waals surface area contributed by atoms with Crippen molar-refractivity contribution in [2.75, 3.05) is 12.3 Å². The number of ether oxygens (including phenoxy) is 1. The van der Waals surface area contributed by atoms with Crippen LogP contribution in [0.3, 0.4) is 0 Å². The Morgan fingerprint density at radius 2 is 2.22 bits per heavy atom. The number of nitrogens with zero attached hydrogens (tertiary/aromatic N) is 3. The summed E-state index contributed by atoms with van der Waals surface area (Å²) in [6, 6.07) is 7.42. The van der Waals surface area contributed by atoms with Crippen LogP contribution in [0.2, 0.25) is 5.02 Å². The maximum atomic E-state index is 11.9. The predicted octanol–water partition coefficient (Wildman–Crippen LogP) is 3.12. The molecular weight excluding hydrogens is 316 g/mol. The number of rotatable bonds is 3. The molecule has 6 nitrogen and oxygen atoms in total. The molecule has 1 aromatic carbocycles. The van der Waals surface area contributed by atoms with Gasteiger partial charge in [0.2, 0.25) is 0 Å². The maximum Gasteiger partial charge on any atom is 0.343 e. The number of nitrogens with two attached hydrogens (primary N) is 1. The number of aromatic nitrogens is 3. The van der Waals surface area contributed by atoms with Crippen LogP contribution in [-0.2, 0) is 4.74 Å². The lowest BCUT2D eigenvalue weighted by Crippen LogP contribution is -2.12. The first-order valence-corrected chi connectivity index (χ1v) is 7.47. The summed E-state index contributed by atoms with van der Waals surface area (Å²) in [5.41, 5.74) is 9.29. The molecule has 0 aliphatic rings. The van der Waals surface area contributed by atoms with Crippen molar-refractivity contribution in [3.63, 3.8) is 0 Å². The third kappa shape index (κ3) is 2.61. The molecule has 0 fully saturated rings. The van der Waals surface area contributed by atoms with Crippen LogP contribution in [-0.4, -0.2) is 27.2 Å². The summed E-state index contributed by atoms with van der Waals surface area (Å²) < 4.78 is 6.43. The SMILES string of the molecule is CCOC(=O)c1cnc2c(-c3cccc(Cl)c3)c(C)nn2c1N. The number of nitrogen functional groups attached to an aromatic ring is 1. The fourth-order valence-corrected chi connectivity index (χ4v) is 2.65. The molecule has 7 heteroatoms. The van der Waals surface area contributed by atoms with E-state index < -0.39 is 5.97 Å². The van der Waals surface area contributed by atoms with E-state index in [1.54, 1.807) is 13.0 Å². The number of fused-ring (bicyclic) bond motifs is 1. The van der Waals surface area contributed by atoms with E-state index >= 15 is 0 Å². The monoisotopic (exact) mass is 330 g/mol. The second-order valence-electron chi connectivity index (χ2n) is 4.98. The number of carbonyl (C=O) groups excluding carboxylic acids is 1. The van der Waals surface area contributed by atoms with E-state index in [9.17, 15) is 4.79 Å². The Kier molecular flexibility index (Phi) is 3.92. The van der Waals surface area contributed by atoms with Gasteiger partial charge in [-0.05, 0) is 31.5 Å². The molecule has 0 radical (unpaired) electrons. The Morgan fingerprint density at radius 3 is 2.91 bits per heavy atom. The zero-order valence-corrected chi connectivity index (χ0v) is 13.5. The topological polar surface area (TPSA) is 82.5 Å². The van der Waals surface area contributed by atoms with Gasteiger partial charge in [0.25, 0.3) is 0 Å². The first-order valence-electron chi connectivity index (χ1n) is 7.09. The molecule has 23 heavy (non-hydrogen) atoms. The molecule has 0 saturated carbocycles. The van der Waals surface area contributed by atoms with E-state index in [2.05, 4.69) is 10.1 Å². The Balaban J connectivity index is 2.21. The van der Waals surface area contributed by atoms with E-state index in [-0.39, 0.29) is 18.0 Å². The molecule has 3 aromatic rings. The first-order chi connectivity index (χ1) is 11.0. The summed E-state index contributed by atoms with van der Waals surface area (Å²) in [5.74, 6) is -0.318. The number of benzene rings is 1. The Morgan fingerprint density at radius 1 is 1.43 bits per heavy atom. The molecular formula is C16H15ClN4O2. The van der Waals surface area contributed by atoms with Crippen molar-refractivity contribution >= 4 is 29.0 Å². The zero-order valence-electron chi connectivity index (χ0n) is 12.7. The van der Waals surface area contributed by atoms with Gasteiger partial charge in [-0.15, -0.1) is 0 Å². The average molecular weight is 331 g/mol. The van der Waals surface area contributed by atoms with Crippen LogP contribution in [0.4, 0.5) is 5.82 Å². The van der Waals surface area contributed by atoms with Gasteiger partial charge in [0.15, 0.2) is 5.65 Å². The molecule has 118 valence electrons. The van der Waals surface area contributed by atoms with Crippen LogP contribution in [0, 0.1) is 6.92 Å². The number of esters is 1. The van der Waals surface area contributed by atoms with Crippen LogP contribution in [0.5, 0.6) is 0 Å². The van der Waals surface area contributed by atoms with Gasteiger partial charge in [0, 0.05) is 16.8 Å². The number of hydrogen-bond donors (Lipinski definition) is 1. The molecule has 0 atom stereocenters. The third-order valence-corrected chi connectivity index (χ3v) is 3.70. The average Bonchev–Trinajstić information content (AvgIpc) is 2.85. The lowest BCUT2D eigenvalue weighted by molar-refractivity contribution is 0.0526. The van der Waals surface area contributed by atoms with Crippen molar-refractivity contribution in [2.45, 2.75) is 13.8 Å². The van der Waals surface area contributed by atoms with Gasteiger partial charge in [-0.2, -0.15) is 9.61 Å². The summed E-state index contributed by atoms with van der Waals surface area (Å²) in [4.78, 5) is 16.3. The minimum absolute atomic E-state index is 0.194. The van der Waals surface area contributed by atoms with Crippen molar-refractivity contribution in [3.8, 4) is 11.1 Å². The Labute approximate surface area is 137 Å². The van der Waals surface area contributed by atoms with Crippen LogP contribution in [0.15, 0.2) is 30.5 Å². The molecule has 0 spiro atoms. The van der Waals surface area contributed by atoms with Crippen LogP contribution in [0.25, 0.3) is 16.8 Å². The van der Waals surface area contributed by atoms with Crippen molar-refractivity contribution in [1.29, 1.82) is 0 Å². The van der Waals surface area contributed by atoms with Gasteiger partial charge in [-0.3, -0.25) is 0 Å². The van der Waals surface area contributed by atoms with Gasteiger partial charge in [-0.1, -0.05) is 23.7 Å². The minimum Gasteiger partial charge on any atom is -0.462 e. The van der Waals surface area contributed by atoms with Crippen molar-refractivity contribution in [1.82, 2.24) is 14.6 Å².